The number of carbonyl (C=O) groups excluding carboxylic acids is 1. The highest BCUT2D eigenvalue weighted by atomic mass is 16.4. The van der Waals surface area contributed by atoms with Crippen LogP contribution in [-0.4, -0.2) is 27.2 Å². The Hall–Kier alpha value is -3.74. The minimum atomic E-state index is -0.675. The van der Waals surface area contributed by atoms with Crippen LogP contribution >= 0.6 is 0 Å². The molecule has 3 heterocycles. The zero-order valence-corrected chi connectivity index (χ0v) is 14.9. The number of rotatable bonds is 3. The van der Waals surface area contributed by atoms with E-state index < -0.39 is 5.76 Å². The summed E-state index contributed by atoms with van der Waals surface area (Å²) >= 11 is 0. The van der Waals surface area contributed by atoms with Crippen LogP contribution in [0.2, 0.25) is 0 Å². The number of nitrogens with zero attached hydrogens (tertiary/aromatic N) is 4. The smallest absolute Gasteiger partial charge is 0.386 e. The zero-order valence-electron chi connectivity index (χ0n) is 14.9. The number of amides is 1. The number of hydrogen-bond donors (Lipinski definition) is 0. The van der Waals surface area contributed by atoms with Crippen LogP contribution in [0.25, 0.3) is 22.4 Å². The SMILES string of the molecule is O=C(Cn1nc(-c2nccc3ccccc23)oc1=O)N1CCc2ccccc21. The molecule has 0 unspecified atom stereocenters. The van der Waals surface area contributed by atoms with E-state index in [1.807, 2.05) is 54.6 Å². The standard InChI is InChI=1S/C21H16N4O3/c26-18(24-12-10-15-6-2-4-8-17(15)24)13-25-21(27)28-20(23-25)19-16-7-3-1-5-14(16)9-11-22-19/h1-9,11H,10,12-13H2. The summed E-state index contributed by atoms with van der Waals surface area (Å²) < 4.78 is 6.36. The molecule has 28 heavy (non-hydrogen) atoms. The largest absolute Gasteiger partial charge is 0.437 e. The number of hydrogen-bond acceptors (Lipinski definition) is 5. The molecule has 2 aromatic carbocycles. The minimum Gasteiger partial charge on any atom is -0.386 e. The van der Waals surface area contributed by atoms with Crippen LogP contribution in [0.4, 0.5) is 5.69 Å². The van der Waals surface area contributed by atoms with E-state index in [9.17, 15) is 9.59 Å². The van der Waals surface area contributed by atoms with Crippen LogP contribution < -0.4 is 10.7 Å². The molecule has 2 aromatic heterocycles. The molecule has 4 aromatic rings. The average molecular weight is 372 g/mol. The third-order valence-electron chi connectivity index (χ3n) is 4.96. The molecule has 1 aliphatic heterocycles. The second-order valence-corrected chi connectivity index (χ2v) is 6.64. The first-order chi connectivity index (χ1) is 13.7. The first-order valence-corrected chi connectivity index (χ1v) is 9.01. The fourth-order valence-corrected chi connectivity index (χ4v) is 3.60. The van der Waals surface area contributed by atoms with E-state index >= 15 is 0 Å². The van der Waals surface area contributed by atoms with E-state index in [-0.39, 0.29) is 18.3 Å². The number of aromatic nitrogens is 3. The maximum atomic E-state index is 12.8. The number of carbonyl (C=O) groups is 1. The molecule has 1 amide bonds. The highest BCUT2D eigenvalue weighted by Gasteiger charge is 2.25. The predicted molar refractivity (Wildman–Crippen MR) is 104 cm³/mol. The third-order valence-corrected chi connectivity index (χ3v) is 4.96. The number of anilines is 1. The summed E-state index contributed by atoms with van der Waals surface area (Å²) in [6, 6.07) is 17.3. The Morgan fingerprint density at radius 2 is 1.89 bits per heavy atom. The van der Waals surface area contributed by atoms with Crippen molar-refractivity contribution in [2.45, 2.75) is 13.0 Å². The van der Waals surface area contributed by atoms with E-state index in [1.165, 1.54) is 0 Å². The van der Waals surface area contributed by atoms with Crippen molar-refractivity contribution in [3.8, 4) is 11.6 Å². The van der Waals surface area contributed by atoms with Gasteiger partial charge in [0.05, 0.1) is 0 Å². The molecule has 0 aliphatic carbocycles. The summed E-state index contributed by atoms with van der Waals surface area (Å²) in [6.07, 6.45) is 2.45. The second kappa shape index (κ2) is 6.45. The van der Waals surface area contributed by atoms with Crippen LogP contribution in [0.1, 0.15) is 5.56 Å². The Morgan fingerprint density at radius 3 is 2.82 bits per heavy atom. The molecule has 0 bridgehead atoms. The first kappa shape index (κ1) is 16.4. The Bertz CT molecular complexity index is 1250. The van der Waals surface area contributed by atoms with E-state index in [1.54, 1.807) is 11.1 Å². The van der Waals surface area contributed by atoms with Gasteiger partial charge in [0.1, 0.15) is 12.2 Å². The van der Waals surface area contributed by atoms with E-state index in [4.69, 9.17) is 4.42 Å². The topological polar surface area (TPSA) is 81.2 Å². The first-order valence-electron chi connectivity index (χ1n) is 9.01. The van der Waals surface area contributed by atoms with Crippen molar-refractivity contribution in [3.63, 3.8) is 0 Å². The van der Waals surface area contributed by atoms with Crippen LogP contribution in [0.5, 0.6) is 0 Å². The lowest BCUT2D eigenvalue weighted by Crippen LogP contribution is -2.35. The lowest BCUT2D eigenvalue weighted by atomic mass is 10.1. The van der Waals surface area contributed by atoms with Gasteiger partial charge in [-0.25, -0.2) is 4.79 Å². The predicted octanol–water partition coefficient (Wildman–Crippen LogP) is 2.64. The molecular weight excluding hydrogens is 356 g/mol. The zero-order chi connectivity index (χ0) is 19.1. The maximum Gasteiger partial charge on any atom is 0.437 e. The fraction of sp³-hybridized carbons (Fsp3) is 0.143. The van der Waals surface area contributed by atoms with Crippen molar-refractivity contribution in [2.75, 3.05) is 11.4 Å². The molecule has 0 saturated carbocycles. The van der Waals surface area contributed by atoms with Gasteiger partial charge >= 0.3 is 5.76 Å². The molecule has 1 aliphatic rings. The Labute approximate surface area is 159 Å². The Morgan fingerprint density at radius 1 is 1.07 bits per heavy atom. The summed E-state index contributed by atoms with van der Waals surface area (Å²) in [5.41, 5.74) is 2.50. The van der Waals surface area contributed by atoms with Crippen molar-refractivity contribution >= 4 is 22.4 Å². The molecular formula is C21H16N4O3. The van der Waals surface area contributed by atoms with Gasteiger partial charge in [0.25, 0.3) is 5.89 Å². The number of benzene rings is 2. The van der Waals surface area contributed by atoms with Gasteiger partial charge in [-0.15, -0.1) is 5.10 Å². The highest BCUT2D eigenvalue weighted by Crippen LogP contribution is 2.28. The van der Waals surface area contributed by atoms with Crippen molar-refractivity contribution in [1.29, 1.82) is 0 Å². The van der Waals surface area contributed by atoms with Gasteiger partial charge in [0.15, 0.2) is 0 Å². The molecule has 0 saturated heterocycles. The Balaban J connectivity index is 1.46. The summed E-state index contributed by atoms with van der Waals surface area (Å²) in [7, 11) is 0. The van der Waals surface area contributed by atoms with Gasteiger partial charge < -0.3 is 9.32 Å². The second-order valence-electron chi connectivity index (χ2n) is 6.64. The molecule has 7 nitrogen and oxygen atoms in total. The maximum absolute atomic E-state index is 12.8. The van der Waals surface area contributed by atoms with Crippen molar-refractivity contribution in [2.24, 2.45) is 0 Å². The van der Waals surface area contributed by atoms with Gasteiger partial charge in [-0.3, -0.25) is 9.78 Å². The van der Waals surface area contributed by atoms with Crippen molar-refractivity contribution in [3.05, 3.63) is 76.9 Å². The fourth-order valence-electron chi connectivity index (χ4n) is 3.60. The molecule has 0 radical (unpaired) electrons. The van der Waals surface area contributed by atoms with Crippen LogP contribution in [0.15, 0.2) is 70.0 Å². The molecule has 138 valence electrons. The monoisotopic (exact) mass is 372 g/mol. The van der Waals surface area contributed by atoms with E-state index in [0.29, 0.717) is 12.2 Å². The lowest BCUT2D eigenvalue weighted by molar-refractivity contribution is -0.119. The average Bonchev–Trinajstić information content (AvgIpc) is 3.31. The van der Waals surface area contributed by atoms with Crippen LogP contribution in [0.3, 0.4) is 0 Å². The Kier molecular flexibility index (Phi) is 3.79. The quantitative estimate of drug-likeness (QED) is 0.552. The number of para-hydroxylation sites is 1. The van der Waals surface area contributed by atoms with Gasteiger partial charge in [0, 0.05) is 23.8 Å². The third kappa shape index (κ3) is 2.68. The van der Waals surface area contributed by atoms with Crippen molar-refractivity contribution in [1.82, 2.24) is 14.8 Å². The molecule has 0 fully saturated rings. The van der Waals surface area contributed by atoms with Gasteiger partial charge in [-0.2, -0.15) is 4.68 Å². The number of fused-ring (bicyclic) bond motifs is 2. The highest BCUT2D eigenvalue weighted by molar-refractivity contribution is 5.95. The molecule has 0 atom stereocenters. The van der Waals surface area contributed by atoms with E-state index in [2.05, 4.69) is 10.1 Å². The van der Waals surface area contributed by atoms with Gasteiger partial charge in [0.2, 0.25) is 5.91 Å². The summed E-state index contributed by atoms with van der Waals surface area (Å²) in [4.78, 5) is 31.0. The van der Waals surface area contributed by atoms with E-state index in [0.717, 1.165) is 33.1 Å². The summed E-state index contributed by atoms with van der Waals surface area (Å²) in [5, 5.41) is 6.02. The molecule has 0 N–H and O–H groups in total. The van der Waals surface area contributed by atoms with Gasteiger partial charge in [-0.1, -0.05) is 42.5 Å². The number of pyridine rings is 1. The molecule has 5 rings (SSSR count). The normalized spacial score (nSPS) is 13.1. The van der Waals surface area contributed by atoms with Crippen molar-refractivity contribution < 1.29 is 9.21 Å². The molecule has 0 spiro atoms. The van der Waals surface area contributed by atoms with Crippen LogP contribution in [-0.2, 0) is 17.8 Å². The minimum absolute atomic E-state index is 0.108. The molecule has 7 heteroatoms. The lowest BCUT2D eigenvalue weighted by Gasteiger charge is -2.16. The van der Waals surface area contributed by atoms with Gasteiger partial charge in [-0.05, 0) is 29.5 Å². The summed E-state index contributed by atoms with van der Waals surface area (Å²) in [5.74, 6) is -0.764. The van der Waals surface area contributed by atoms with Crippen LogP contribution in [0, 0.1) is 0 Å². The summed E-state index contributed by atoms with van der Waals surface area (Å²) in [6.45, 7) is 0.421.